The van der Waals surface area contributed by atoms with E-state index in [1.807, 2.05) is 4.90 Å². The summed E-state index contributed by atoms with van der Waals surface area (Å²) in [6.07, 6.45) is -6.61. The number of fused-ring (bicyclic) bond motifs is 5. The van der Waals surface area contributed by atoms with E-state index in [0.29, 0.717) is 32.8 Å². The number of hydrogen-bond acceptors (Lipinski definition) is 18. The zero-order valence-electron chi connectivity index (χ0n) is 31.8. The lowest BCUT2D eigenvalue weighted by molar-refractivity contribution is -0.236. The first kappa shape index (κ1) is 40.6. The topological polar surface area (TPSA) is 257 Å². The molecule has 2 unspecified atom stereocenters. The van der Waals surface area contributed by atoms with Gasteiger partial charge in [-0.05, 0) is 31.0 Å². The number of carbonyl (C=O) groups is 5. The van der Waals surface area contributed by atoms with Gasteiger partial charge in [0.05, 0.1) is 42.2 Å². The molecule has 306 valence electrons. The van der Waals surface area contributed by atoms with E-state index in [-0.39, 0.29) is 23.4 Å². The SMILES string of the molecule is CO[C@@H]1[C@@H](O)[C@@H](OC)[C@@H](NC2=CC(=O)c3c(cc4c(c3O)C(=O)C3(OC)[C@H](O)Cc5cc(C)c(C(=O)OCCN6CCOCC6)c(O)c5C3(O)C4=O)C2=O)O[C@H]1C. The van der Waals surface area contributed by atoms with Crippen LogP contribution in [0.5, 0.6) is 11.5 Å². The fourth-order valence-corrected chi connectivity index (χ4v) is 8.91. The number of ketones is 4. The summed E-state index contributed by atoms with van der Waals surface area (Å²) in [4.78, 5) is 72.7. The van der Waals surface area contributed by atoms with Crippen LogP contribution in [0.4, 0.5) is 0 Å². The van der Waals surface area contributed by atoms with Crippen LogP contribution in [0.1, 0.15) is 75.4 Å². The van der Waals surface area contributed by atoms with Crippen LogP contribution in [0.3, 0.4) is 0 Å². The third-order valence-electron chi connectivity index (χ3n) is 11.7. The number of aryl methyl sites for hydroxylation is 1. The van der Waals surface area contributed by atoms with Crippen molar-refractivity contribution in [3.8, 4) is 11.5 Å². The van der Waals surface area contributed by atoms with E-state index in [0.717, 1.165) is 19.3 Å². The maximum Gasteiger partial charge on any atom is 0.342 e. The van der Waals surface area contributed by atoms with Crippen LogP contribution in [0.2, 0.25) is 0 Å². The molecule has 18 nitrogen and oxygen atoms in total. The van der Waals surface area contributed by atoms with Crippen molar-refractivity contribution in [3.05, 3.63) is 68.4 Å². The van der Waals surface area contributed by atoms with Crippen molar-refractivity contribution >= 4 is 29.1 Å². The van der Waals surface area contributed by atoms with Gasteiger partial charge < -0.3 is 59.3 Å². The second-order valence-electron chi connectivity index (χ2n) is 14.7. The fraction of sp³-hybridized carbons (Fsp3) is 0.513. The number of rotatable bonds is 9. The Labute approximate surface area is 325 Å². The number of nitrogens with one attached hydrogen (secondary N) is 1. The number of phenolic OH excluding ortho intramolecular Hbond substituents is 2. The van der Waals surface area contributed by atoms with E-state index in [1.54, 1.807) is 6.92 Å². The number of carbonyl (C=O) groups excluding carboxylic acids is 5. The molecule has 0 aromatic heterocycles. The van der Waals surface area contributed by atoms with Crippen LogP contribution in [-0.2, 0) is 40.4 Å². The van der Waals surface area contributed by atoms with Gasteiger partial charge in [-0.3, -0.25) is 24.1 Å². The number of phenols is 2. The lowest BCUT2D eigenvalue weighted by Gasteiger charge is -2.52. The summed E-state index contributed by atoms with van der Waals surface area (Å²) in [5.74, 6) is -7.63. The van der Waals surface area contributed by atoms with Gasteiger partial charge in [-0.15, -0.1) is 0 Å². The van der Waals surface area contributed by atoms with Gasteiger partial charge in [-0.1, -0.05) is 6.07 Å². The molecular weight excluding hydrogens is 752 g/mol. The minimum atomic E-state index is -3.26. The van der Waals surface area contributed by atoms with Gasteiger partial charge in [0.25, 0.3) is 0 Å². The molecule has 2 aliphatic heterocycles. The lowest BCUT2D eigenvalue weighted by atomic mass is 9.56. The third kappa shape index (κ3) is 5.92. The predicted octanol–water partition coefficient (Wildman–Crippen LogP) is -0.548. The largest absolute Gasteiger partial charge is 0.507 e. The highest BCUT2D eigenvalue weighted by atomic mass is 16.6. The molecule has 0 amide bonds. The van der Waals surface area contributed by atoms with Crippen molar-refractivity contribution in [1.29, 1.82) is 0 Å². The minimum absolute atomic E-state index is 0.00250. The van der Waals surface area contributed by atoms with E-state index in [1.165, 1.54) is 27.2 Å². The van der Waals surface area contributed by atoms with Gasteiger partial charge in [0.2, 0.25) is 17.3 Å². The van der Waals surface area contributed by atoms with Crippen LogP contribution >= 0.6 is 0 Å². The van der Waals surface area contributed by atoms with Crippen LogP contribution in [0.25, 0.3) is 0 Å². The Morgan fingerprint density at radius 1 is 0.965 bits per heavy atom. The first-order valence-electron chi connectivity index (χ1n) is 18.3. The normalized spacial score (nSPS) is 31.2. The smallest absolute Gasteiger partial charge is 0.342 e. The molecule has 5 aliphatic rings. The minimum Gasteiger partial charge on any atom is -0.507 e. The van der Waals surface area contributed by atoms with Crippen molar-refractivity contribution in [2.75, 3.05) is 60.8 Å². The molecule has 3 aliphatic carbocycles. The number of aromatic hydroxyl groups is 2. The molecule has 6 N–H and O–H groups in total. The van der Waals surface area contributed by atoms with Gasteiger partial charge in [-0.25, -0.2) is 4.79 Å². The first-order valence-corrected chi connectivity index (χ1v) is 18.3. The van der Waals surface area contributed by atoms with Crippen molar-refractivity contribution in [2.45, 2.75) is 68.2 Å². The predicted molar refractivity (Wildman–Crippen MR) is 192 cm³/mol. The molecule has 8 atom stereocenters. The number of Topliss-reactive ketones (excluding diaryl/α,β-unsaturated/α-hetero) is 3. The number of allylic oxidation sites excluding steroid dienone is 2. The molecule has 0 saturated carbocycles. The Kier molecular flexibility index (Phi) is 10.6. The first-order chi connectivity index (χ1) is 27.1. The van der Waals surface area contributed by atoms with E-state index in [4.69, 9.17) is 28.4 Å². The Bertz CT molecular complexity index is 2090. The Hall–Kier alpha value is -4.63. The number of nitrogens with zero attached hydrogens (tertiary/aromatic N) is 1. The highest BCUT2D eigenvalue weighted by Crippen LogP contribution is 2.56. The number of aliphatic hydroxyl groups excluding tert-OH is 2. The van der Waals surface area contributed by atoms with E-state index in [9.17, 15) is 49.5 Å². The molecule has 18 heteroatoms. The van der Waals surface area contributed by atoms with Crippen LogP contribution in [0, 0.1) is 6.92 Å². The molecule has 0 spiro atoms. The molecule has 7 rings (SSSR count). The summed E-state index contributed by atoms with van der Waals surface area (Å²) in [6, 6.07) is 2.22. The maximum atomic E-state index is 14.8. The van der Waals surface area contributed by atoms with Crippen LogP contribution in [-0.4, -0.2) is 163 Å². The second kappa shape index (κ2) is 14.9. The molecule has 57 heavy (non-hydrogen) atoms. The van der Waals surface area contributed by atoms with Crippen LogP contribution < -0.4 is 5.32 Å². The number of methoxy groups -OCH3 is 3. The van der Waals surface area contributed by atoms with Crippen molar-refractivity contribution in [1.82, 2.24) is 10.2 Å². The molecule has 2 aromatic carbocycles. The zero-order valence-corrected chi connectivity index (χ0v) is 31.8. The third-order valence-corrected chi connectivity index (χ3v) is 11.7. The van der Waals surface area contributed by atoms with Crippen molar-refractivity contribution in [2.24, 2.45) is 0 Å². The summed E-state index contributed by atoms with van der Waals surface area (Å²) in [6.45, 7) is 5.68. The van der Waals surface area contributed by atoms with E-state index < -0.39 is 128 Å². The highest BCUT2D eigenvalue weighted by Gasteiger charge is 2.72. The molecular formula is C39H44N2O16. The molecule has 0 bridgehead atoms. The Balaban J connectivity index is 1.29. The highest BCUT2D eigenvalue weighted by molar-refractivity contribution is 6.31. The molecule has 2 aromatic rings. The standard InChI is InChI=1S/C39H44N2O16/c1-16-12-18-13-23(43)39(54-5)35(49)26-20(34(48)38(39,51)27(18)30(46)24(16)37(50)56-11-8-41-6-9-55-10-7-41)14-19-25(29(26)45)22(42)15-21(28(19)44)40-36-33(53-4)31(47)32(52-3)17(2)57-36/h12,14-15,17,23,31-33,36,40,43,45-47,51H,6-11,13H2,1-5H3/t17-,23+,31+,32-,33+,36-,38?,39?/m0/s1. The Morgan fingerprint density at radius 3 is 2.30 bits per heavy atom. The number of morpholine rings is 1. The number of aliphatic hydroxyl groups is 3. The monoisotopic (exact) mass is 796 g/mol. The summed E-state index contributed by atoms with van der Waals surface area (Å²) in [7, 11) is 3.60. The average molecular weight is 797 g/mol. The second-order valence-corrected chi connectivity index (χ2v) is 14.7. The van der Waals surface area contributed by atoms with Crippen LogP contribution in [0.15, 0.2) is 23.9 Å². The summed E-state index contributed by atoms with van der Waals surface area (Å²) in [5, 5.41) is 61.3. The number of hydrogen-bond donors (Lipinski definition) is 6. The van der Waals surface area contributed by atoms with Gasteiger partial charge in [0, 0.05) is 70.2 Å². The summed E-state index contributed by atoms with van der Waals surface area (Å²) in [5.41, 5.74) is -10.2. The summed E-state index contributed by atoms with van der Waals surface area (Å²) >= 11 is 0. The van der Waals surface area contributed by atoms with Crippen molar-refractivity contribution in [3.63, 3.8) is 0 Å². The Morgan fingerprint density at radius 2 is 1.65 bits per heavy atom. The molecule has 2 saturated heterocycles. The van der Waals surface area contributed by atoms with Gasteiger partial charge in [-0.2, -0.15) is 0 Å². The number of esters is 1. The maximum absolute atomic E-state index is 14.8. The number of benzene rings is 2. The molecule has 2 heterocycles. The zero-order chi connectivity index (χ0) is 41.3. The molecule has 2 fully saturated rings. The fourth-order valence-electron chi connectivity index (χ4n) is 8.91. The number of ether oxygens (including phenoxy) is 6. The lowest BCUT2D eigenvalue weighted by Crippen LogP contribution is -2.73. The van der Waals surface area contributed by atoms with Crippen molar-refractivity contribution < 1.29 is 77.9 Å². The summed E-state index contributed by atoms with van der Waals surface area (Å²) < 4.78 is 33.0. The van der Waals surface area contributed by atoms with Gasteiger partial charge >= 0.3 is 5.97 Å². The average Bonchev–Trinajstić information content (AvgIpc) is 3.16. The van der Waals surface area contributed by atoms with Gasteiger partial charge in [0.1, 0.15) is 42.0 Å². The van der Waals surface area contributed by atoms with E-state index in [2.05, 4.69) is 5.32 Å². The van der Waals surface area contributed by atoms with E-state index >= 15 is 0 Å². The molecule has 0 radical (unpaired) electrons. The quantitative estimate of drug-likeness (QED) is 0.174. The van der Waals surface area contributed by atoms with Gasteiger partial charge in [0.15, 0.2) is 23.2 Å².